The lowest BCUT2D eigenvalue weighted by atomic mass is 9.99. The van der Waals surface area contributed by atoms with Crippen molar-refractivity contribution < 1.29 is 0 Å². The first-order valence-corrected chi connectivity index (χ1v) is 10.1. The zero-order chi connectivity index (χ0) is 15.2. The summed E-state index contributed by atoms with van der Waals surface area (Å²) in [6.45, 7) is 7.40. The molecule has 1 heteroatoms. The highest BCUT2D eigenvalue weighted by Crippen LogP contribution is 2.21. The Morgan fingerprint density at radius 3 is 1.62 bits per heavy atom. The molecule has 0 aromatic heterocycles. The first kappa shape index (κ1) is 19.0. The van der Waals surface area contributed by atoms with Gasteiger partial charge in [-0.2, -0.15) is 0 Å². The van der Waals surface area contributed by atoms with Gasteiger partial charge in [0, 0.05) is 6.04 Å². The molecule has 0 amide bonds. The van der Waals surface area contributed by atoms with Crippen molar-refractivity contribution in [2.45, 2.75) is 116 Å². The summed E-state index contributed by atoms with van der Waals surface area (Å²) < 4.78 is 0. The molecule has 1 unspecified atom stereocenters. The molecule has 1 fully saturated rings. The molecule has 1 aliphatic rings. The average Bonchev–Trinajstić information content (AvgIpc) is 2.78. The highest BCUT2D eigenvalue weighted by Gasteiger charge is 2.18. The molecular formula is C20H41N. The van der Waals surface area contributed by atoms with Crippen LogP contribution in [-0.2, 0) is 0 Å². The summed E-state index contributed by atoms with van der Waals surface area (Å²) in [7, 11) is 0. The summed E-state index contributed by atoms with van der Waals surface area (Å²) >= 11 is 0. The van der Waals surface area contributed by atoms with E-state index in [2.05, 4.69) is 18.7 Å². The van der Waals surface area contributed by atoms with Crippen LogP contribution in [0.15, 0.2) is 0 Å². The van der Waals surface area contributed by atoms with Crippen molar-refractivity contribution in [3.05, 3.63) is 0 Å². The summed E-state index contributed by atoms with van der Waals surface area (Å²) in [5.74, 6) is 0. The Hall–Kier alpha value is -0.0400. The molecule has 0 N–H and O–H groups in total. The molecule has 0 saturated carbocycles. The predicted molar refractivity (Wildman–Crippen MR) is 96.0 cm³/mol. The van der Waals surface area contributed by atoms with Crippen LogP contribution >= 0.6 is 0 Å². The van der Waals surface area contributed by atoms with Gasteiger partial charge in [-0.25, -0.2) is 0 Å². The lowest BCUT2D eigenvalue weighted by Gasteiger charge is -2.31. The minimum absolute atomic E-state index is 0.904. The predicted octanol–water partition coefficient (Wildman–Crippen LogP) is 6.56. The molecule has 1 atom stereocenters. The second kappa shape index (κ2) is 13.6. The summed E-state index contributed by atoms with van der Waals surface area (Å²) in [6.07, 6.45) is 21.7. The van der Waals surface area contributed by atoms with Crippen molar-refractivity contribution in [1.82, 2.24) is 4.90 Å². The van der Waals surface area contributed by atoms with Crippen LogP contribution < -0.4 is 0 Å². The Kier molecular flexibility index (Phi) is 12.3. The first-order chi connectivity index (χ1) is 10.4. The van der Waals surface area contributed by atoms with Crippen LogP contribution in [0.3, 0.4) is 0 Å². The molecule has 1 aliphatic heterocycles. The molecule has 1 saturated heterocycles. The van der Waals surface area contributed by atoms with Crippen LogP contribution in [-0.4, -0.2) is 24.0 Å². The van der Waals surface area contributed by atoms with Crippen molar-refractivity contribution in [2.24, 2.45) is 0 Å². The minimum Gasteiger partial charge on any atom is -0.300 e. The van der Waals surface area contributed by atoms with Gasteiger partial charge in [0.05, 0.1) is 0 Å². The van der Waals surface area contributed by atoms with Gasteiger partial charge in [-0.3, -0.25) is 0 Å². The smallest absolute Gasteiger partial charge is 0.00952 e. The monoisotopic (exact) mass is 295 g/mol. The summed E-state index contributed by atoms with van der Waals surface area (Å²) in [5.41, 5.74) is 0. The maximum absolute atomic E-state index is 2.86. The molecular weight excluding hydrogens is 254 g/mol. The molecule has 21 heavy (non-hydrogen) atoms. The summed E-state index contributed by atoms with van der Waals surface area (Å²) in [6, 6.07) is 0.904. The Balaban J connectivity index is 2.29. The van der Waals surface area contributed by atoms with E-state index in [0.717, 1.165) is 6.04 Å². The Morgan fingerprint density at radius 2 is 1.10 bits per heavy atom. The molecule has 0 radical (unpaired) electrons. The number of unbranched alkanes of at least 4 members (excludes halogenated alkanes) is 7. The van der Waals surface area contributed by atoms with Gasteiger partial charge < -0.3 is 4.90 Å². The Bertz CT molecular complexity index is 206. The normalized spacial score (nSPS) is 18.6. The SMILES string of the molecule is CCCCCCCC(CCCCCC)N1CCCCCC1. The highest BCUT2D eigenvalue weighted by molar-refractivity contribution is 4.74. The van der Waals surface area contributed by atoms with E-state index in [4.69, 9.17) is 0 Å². The van der Waals surface area contributed by atoms with Gasteiger partial charge in [-0.1, -0.05) is 84.5 Å². The van der Waals surface area contributed by atoms with Crippen molar-refractivity contribution >= 4 is 0 Å². The van der Waals surface area contributed by atoms with E-state index in [1.807, 2.05) is 0 Å². The maximum Gasteiger partial charge on any atom is 0.00952 e. The van der Waals surface area contributed by atoms with Gasteiger partial charge in [0.25, 0.3) is 0 Å². The molecule has 1 nitrogen and oxygen atoms in total. The third-order valence-corrected chi connectivity index (χ3v) is 5.19. The van der Waals surface area contributed by atoms with Gasteiger partial charge in [-0.05, 0) is 38.8 Å². The minimum atomic E-state index is 0.904. The van der Waals surface area contributed by atoms with Crippen molar-refractivity contribution in [1.29, 1.82) is 0 Å². The lowest BCUT2D eigenvalue weighted by Crippen LogP contribution is -2.36. The summed E-state index contributed by atoms with van der Waals surface area (Å²) in [5, 5.41) is 0. The Morgan fingerprint density at radius 1 is 0.619 bits per heavy atom. The standard InChI is InChI=1S/C20H41N/c1-3-5-7-9-13-17-20(16-12-8-6-4-2)21-18-14-10-11-15-19-21/h20H,3-19H2,1-2H3. The third kappa shape index (κ3) is 9.55. The third-order valence-electron chi connectivity index (χ3n) is 5.19. The van der Waals surface area contributed by atoms with Crippen LogP contribution in [0, 0.1) is 0 Å². The number of likely N-dealkylation sites (tertiary alicyclic amines) is 1. The van der Waals surface area contributed by atoms with Gasteiger partial charge in [-0.15, -0.1) is 0 Å². The maximum atomic E-state index is 2.86. The van der Waals surface area contributed by atoms with E-state index in [0.29, 0.717) is 0 Å². The van der Waals surface area contributed by atoms with Gasteiger partial charge >= 0.3 is 0 Å². The molecule has 0 spiro atoms. The molecule has 0 aromatic carbocycles. The summed E-state index contributed by atoms with van der Waals surface area (Å²) in [4.78, 5) is 2.86. The van der Waals surface area contributed by atoms with Gasteiger partial charge in [0.1, 0.15) is 0 Å². The molecule has 0 aliphatic carbocycles. The zero-order valence-corrected chi connectivity index (χ0v) is 15.0. The number of hydrogen-bond donors (Lipinski definition) is 0. The first-order valence-electron chi connectivity index (χ1n) is 10.1. The fraction of sp³-hybridized carbons (Fsp3) is 1.00. The quantitative estimate of drug-likeness (QED) is 0.368. The topological polar surface area (TPSA) is 3.24 Å². The van der Waals surface area contributed by atoms with Crippen LogP contribution in [0.1, 0.15) is 110 Å². The van der Waals surface area contributed by atoms with E-state index in [9.17, 15) is 0 Å². The van der Waals surface area contributed by atoms with Crippen molar-refractivity contribution in [3.8, 4) is 0 Å². The van der Waals surface area contributed by atoms with Gasteiger partial charge in [0.2, 0.25) is 0 Å². The number of nitrogens with zero attached hydrogens (tertiary/aromatic N) is 1. The molecule has 1 rings (SSSR count). The largest absolute Gasteiger partial charge is 0.300 e. The zero-order valence-electron chi connectivity index (χ0n) is 15.0. The van der Waals surface area contributed by atoms with E-state index in [1.54, 1.807) is 0 Å². The lowest BCUT2D eigenvalue weighted by molar-refractivity contribution is 0.176. The fourth-order valence-corrected chi connectivity index (χ4v) is 3.76. The fourth-order valence-electron chi connectivity index (χ4n) is 3.76. The van der Waals surface area contributed by atoms with Crippen LogP contribution in [0.5, 0.6) is 0 Å². The van der Waals surface area contributed by atoms with Crippen LogP contribution in [0.2, 0.25) is 0 Å². The molecule has 0 aromatic rings. The number of hydrogen-bond acceptors (Lipinski definition) is 1. The molecule has 1 heterocycles. The van der Waals surface area contributed by atoms with Crippen molar-refractivity contribution in [2.75, 3.05) is 13.1 Å². The van der Waals surface area contributed by atoms with Gasteiger partial charge in [0.15, 0.2) is 0 Å². The highest BCUT2D eigenvalue weighted by atomic mass is 15.1. The van der Waals surface area contributed by atoms with Crippen LogP contribution in [0.25, 0.3) is 0 Å². The molecule has 126 valence electrons. The van der Waals surface area contributed by atoms with E-state index in [1.165, 1.54) is 109 Å². The van der Waals surface area contributed by atoms with Crippen LogP contribution in [0.4, 0.5) is 0 Å². The molecule has 0 bridgehead atoms. The van der Waals surface area contributed by atoms with Crippen molar-refractivity contribution in [3.63, 3.8) is 0 Å². The average molecular weight is 296 g/mol. The van der Waals surface area contributed by atoms with E-state index >= 15 is 0 Å². The van der Waals surface area contributed by atoms with E-state index < -0.39 is 0 Å². The number of rotatable bonds is 12. The van der Waals surface area contributed by atoms with E-state index in [-0.39, 0.29) is 0 Å². The Labute approximate surface area is 134 Å². The second-order valence-corrected chi connectivity index (χ2v) is 7.16. The second-order valence-electron chi connectivity index (χ2n) is 7.16.